The normalized spacial score (nSPS) is 12.1. The maximum Gasteiger partial charge on any atom is 0.246 e. The lowest BCUT2D eigenvalue weighted by atomic mass is 10.2. The molecule has 0 bridgehead atoms. The van der Waals surface area contributed by atoms with E-state index in [1.54, 1.807) is 7.11 Å². The standard InChI is InChI=1S/C16H18ClNO3S/c1-20-13(14-7-8-15(17)22-14)9-18-16(19)11-21-10-12-5-3-2-4-6-12/h2-8,13H,9-11H2,1H3,(H,18,19)/t13-/m0/s1. The monoisotopic (exact) mass is 339 g/mol. The molecule has 1 N–H and O–H groups in total. The Morgan fingerprint density at radius 2 is 2.05 bits per heavy atom. The van der Waals surface area contributed by atoms with E-state index in [1.807, 2.05) is 42.5 Å². The van der Waals surface area contributed by atoms with Gasteiger partial charge in [0.2, 0.25) is 5.91 Å². The van der Waals surface area contributed by atoms with Crippen molar-refractivity contribution in [3.8, 4) is 0 Å². The van der Waals surface area contributed by atoms with Crippen molar-refractivity contribution >= 4 is 28.8 Å². The van der Waals surface area contributed by atoms with Crippen molar-refractivity contribution in [3.63, 3.8) is 0 Å². The smallest absolute Gasteiger partial charge is 0.246 e. The molecular weight excluding hydrogens is 322 g/mol. The highest BCUT2D eigenvalue weighted by Crippen LogP contribution is 2.28. The summed E-state index contributed by atoms with van der Waals surface area (Å²) in [7, 11) is 1.61. The summed E-state index contributed by atoms with van der Waals surface area (Å²) in [6, 6.07) is 13.5. The molecule has 1 amide bonds. The van der Waals surface area contributed by atoms with Gasteiger partial charge in [-0.1, -0.05) is 41.9 Å². The number of carbonyl (C=O) groups excluding carboxylic acids is 1. The summed E-state index contributed by atoms with van der Waals surface area (Å²) in [4.78, 5) is 12.8. The van der Waals surface area contributed by atoms with Gasteiger partial charge < -0.3 is 14.8 Å². The SMILES string of the molecule is CO[C@@H](CNC(=O)COCc1ccccc1)c1ccc(Cl)s1. The molecule has 1 aromatic heterocycles. The average molecular weight is 340 g/mol. The Balaban J connectivity index is 1.70. The zero-order valence-electron chi connectivity index (χ0n) is 12.3. The first-order valence-corrected chi connectivity index (χ1v) is 8.05. The Morgan fingerprint density at radius 1 is 1.27 bits per heavy atom. The molecule has 1 heterocycles. The first-order chi connectivity index (χ1) is 10.7. The van der Waals surface area contributed by atoms with Gasteiger partial charge in [0.15, 0.2) is 0 Å². The third-order valence-corrected chi connectivity index (χ3v) is 4.35. The molecule has 2 aromatic rings. The molecule has 22 heavy (non-hydrogen) atoms. The number of rotatable bonds is 8. The molecule has 0 aliphatic rings. The fourth-order valence-corrected chi connectivity index (χ4v) is 3.03. The summed E-state index contributed by atoms with van der Waals surface area (Å²) < 4.78 is 11.5. The van der Waals surface area contributed by atoms with E-state index < -0.39 is 0 Å². The van der Waals surface area contributed by atoms with Crippen LogP contribution in [-0.4, -0.2) is 26.2 Å². The predicted octanol–water partition coefficient (Wildman–Crippen LogP) is 3.42. The first kappa shape index (κ1) is 17.0. The van der Waals surface area contributed by atoms with Crippen LogP contribution in [0.3, 0.4) is 0 Å². The first-order valence-electron chi connectivity index (χ1n) is 6.85. The number of amides is 1. The quantitative estimate of drug-likeness (QED) is 0.801. The van der Waals surface area contributed by atoms with Gasteiger partial charge in [-0.25, -0.2) is 0 Å². The topological polar surface area (TPSA) is 47.6 Å². The maximum absolute atomic E-state index is 11.8. The summed E-state index contributed by atoms with van der Waals surface area (Å²) in [5.41, 5.74) is 1.04. The highest BCUT2D eigenvalue weighted by Gasteiger charge is 2.14. The summed E-state index contributed by atoms with van der Waals surface area (Å²) in [6.45, 7) is 0.833. The lowest BCUT2D eigenvalue weighted by molar-refractivity contribution is -0.126. The van der Waals surface area contributed by atoms with Crippen LogP contribution >= 0.6 is 22.9 Å². The number of nitrogens with one attached hydrogen (secondary N) is 1. The van der Waals surface area contributed by atoms with Crippen molar-refractivity contribution in [2.75, 3.05) is 20.3 Å². The summed E-state index contributed by atoms with van der Waals surface area (Å²) in [6.07, 6.45) is -0.199. The number of benzene rings is 1. The number of carbonyl (C=O) groups is 1. The van der Waals surface area contributed by atoms with Crippen molar-refractivity contribution in [3.05, 3.63) is 57.2 Å². The molecule has 0 radical (unpaired) electrons. The number of methoxy groups -OCH3 is 1. The number of hydrogen-bond acceptors (Lipinski definition) is 4. The molecule has 118 valence electrons. The predicted molar refractivity (Wildman–Crippen MR) is 88.2 cm³/mol. The van der Waals surface area contributed by atoms with Crippen LogP contribution in [0.15, 0.2) is 42.5 Å². The van der Waals surface area contributed by atoms with Crippen LogP contribution in [0.4, 0.5) is 0 Å². The average Bonchev–Trinajstić information content (AvgIpc) is 2.95. The zero-order chi connectivity index (χ0) is 15.8. The Kier molecular flexibility index (Phi) is 6.86. The van der Waals surface area contributed by atoms with Crippen molar-refractivity contribution in [1.82, 2.24) is 5.32 Å². The fourth-order valence-electron chi connectivity index (χ4n) is 1.89. The van der Waals surface area contributed by atoms with Crippen LogP contribution in [0.1, 0.15) is 16.5 Å². The second-order valence-electron chi connectivity index (χ2n) is 4.65. The second-order valence-corrected chi connectivity index (χ2v) is 6.40. The van der Waals surface area contributed by atoms with E-state index in [2.05, 4.69) is 5.32 Å². The minimum absolute atomic E-state index is 0.0243. The molecule has 4 nitrogen and oxygen atoms in total. The van der Waals surface area contributed by atoms with Crippen LogP contribution in [0.2, 0.25) is 4.34 Å². The van der Waals surface area contributed by atoms with Gasteiger partial charge in [-0.3, -0.25) is 4.79 Å². The van der Waals surface area contributed by atoms with E-state index in [0.29, 0.717) is 17.5 Å². The van der Waals surface area contributed by atoms with Crippen molar-refractivity contribution in [2.45, 2.75) is 12.7 Å². The zero-order valence-corrected chi connectivity index (χ0v) is 13.8. The lowest BCUT2D eigenvalue weighted by Crippen LogP contribution is -2.31. The van der Waals surface area contributed by atoms with Gasteiger partial charge in [0.1, 0.15) is 12.7 Å². The molecule has 0 saturated carbocycles. The summed E-state index contributed by atoms with van der Waals surface area (Å²) in [5, 5.41) is 2.80. The van der Waals surface area contributed by atoms with Crippen LogP contribution in [0, 0.1) is 0 Å². The van der Waals surface area contributed by atoms with E-state index in [9.17, 15) is 4.79 Å². The minimum Gasteiger partial charge on any atom is -0.374 e. The van der Waals surface area contributed by atoms with Crippen LogP contribution in [0.5, 0.6) is 0 Å². The second kappa shape index (κ2) is 8.90. The largest absolute Gasteiger partial charge is 0.374 e. The molecule has 6 heteroatoms. The molecule has 1 aromatic carbocycles. The molecular formula is C16H18ClNO3S. The summed E-state index contributed by atoms with van der Waals surface area (Å²) >= 11 is 7.35. The van der Waals surface area contributed by atoms with E-state index >= 15 is 0 Å². The van der Waals surface area contributed by atoms with Gasteiger partial charge in [-0.05, 0) is 17.7 Å². The number of thiophene rings is 1. The van der Waals surface area contributed by atoms with E-state index in [1.165, 1.54) is 11.3 Å². The molecule has 0 spiro atoms. The number of halogens is 1. The number of hydrogen-bond donors (Lipinski definition) is 1. The van der Waals surface area contributed by atoms with Crippen molar-refractivity contribution < 1.29 is 14.3 Å². The molecule has 0 saturated heterocycles. The lowest BCUT2D eigenvalue weighted by Gasteiger charge is -2.14. The molecule has 0 aliphatic heterocycles. The molecule has 0 unspecified atom stereocenters. The number of ether oxygens (including phenoxy) is 2. The van der Waals surface area contributed by atoms with Gasteiger partial charge in [-0.2, -0.15) is 0 Å². The van der Waals surface area contributed by atoms with Gasteiger partial charge in [0.25, 0.3) is 0 Å². The molecule has 0 aliphatic carbocycles. The van der Waals surface area contributed by atoms with E-state index in [0.717, 1.165) is 10.4 Å². The maximum atomic E-state index is 11.8. The van der Waals surface area contributed by atoms with E-state index in [-0.39, 0.29) is 18.6 Å². The van der Waals surface area contributed by atoms with E-state index in [4.69, 9.17) is 21.1 Å². The Bertz CT molecular complexity index is 588. The third kappa shape index (κ3) is 5.42. The van der Waals surface area contributed by atoms with Gasteiger partial charge in [0, 0.05) is 18.5 Å². The van der Waals surface area contributed by atoms with Gasteiger partial charge in [0.05, 0.1) is 10.9 Å². The van der Waals surface area contributed by atoms with Gasteiger partial charge >= 0.3 is 0 Å². The Morgan fingerprint density at radius 3 is 2.68 bits per heavy atom. The molecule has 1 atom stereocenters. The van der Waals surface area contributed by atoms with Gasteiger partial charge in [-0.15, -0.1) is 11.3 Å². The van der Waals surface area contributed by atoms with Crippen LogP contribution in [0.25, 0.3) is 0 Å². The fraction of sp³-hybridized carbons (Fsp3) is 0.312. The minimum atomic E-state index is -0.199. The van der Waals surface area contributed by atoms with Crippen molar-refractivity contribution in [1.29, 1.82) is 0 Å². The van der Waals surface area contributed by atoms with Crippen LogP contribution < -0.4 is 5.32 Å². The highest BCUT2D eigenvalue weighted by atomic mass is 35.5. The Labute approximate surface area is 139 Å². The Hall–Kier alpha value is -1.40. The molecule has 0 fully saturated rings. The third-order valence-electron chi connectivity index (χ3n) is 3.03. The molecule has 2 rings (SSSR count). The summed E-state index contributed by atoms with van der Waals surface area (Å²) in [5.74, 6) is -0.166. The van der Waals surface area contributed by atoms with Crippen LogP contribution in [-0.2, 0) is 20.9 Å². The highest BCUT2D eigenvalue weighted by molar-refractivity contribution is 7.16. The van der Waals surface area contributed by atoms with Crippen molar-refractivity contribution in [2.24, 2.45) is 0 Å².